The van der Waals surface area contributed by atoms with Gasteiger partial charge in [-0.05, 0) is 77.4 Å². The van der Waals surface area contributed by atoms with E-state index in [0.717, 1.165) is 6.16 Å². The normalized spacial score (nSPS) is 12.7. The molecule has 3 heteroatoms. The molecule has 0 aliphatic rings. The predicted molar refractivity (Wildman–Crippen MR) is 109 cm³/mol. The van der Waals surface area contributed by atoms with Crippen LogP contribution in [0.2, 0.25) is 0 Å². The average molecular weight is 356 g/mol. The minimum Gasteiger partial charge on any atom is -0.460 e. The van der Waals surface area contributed by atoms with Gasteiger partial charge in [0.25, 0.3) is 0 Å². The quantitative estimate of drug-likeness (QED) is 0.569. The van der Waals surface area contributed by atoms with E-state index in [2.05, 4.69) is 57.2 Å². The Morgan fingerprint density at radius 3 is 2.08 bits per heavy atom. The first-order valence-electron chi connectivity index (χ1n) is 8.79. The van der Waals surface area contributed by atoms with Gasteiger partial charge in [-0.1, -0.05) is 48.0 Å². The molecule has 0 spiro atoms. The van der Waals surface area contributed by atoms with Gasteiger partial charge in [-0.2, -0.15) is 0 Å². The predicted octanol–water partition coefficient (Wildman–Crippen LogP) is 4.78. The number of hydrogen-bond acceptors (Lipinski definition) is 2. The standard InChI is InChI=1S/C22H29O2P/c1-16-14-17(2)21(18(3)15-16)25(19-10-8-7-9-11-19)13-12-20(23)24-22(4,5)6/h7-11,14-15H,12-13H2,1-6H3. The van der Waals surface area contributed by atoms with Gasteiger partial charge >= 0.3 is 5.97 Å². The maximum absolute atomic E-state index is 12.2. The summed E-state index contributed by atoms with van der Waals surface area (Å²) in [5.41, 5.74) is 3.49. The lowest BCUT2D eigenvalue weighted by molar-refractivity contribution is -0.154. The summed E-state index contributed by atoms with van der Waals surface area (Å²) in [6.07, 6.45) is 1.27. The smallest absolute Gasteiger partial charge is 0.306 e. The summed E-state index contributed by atoms with van der Waals surface area (Å²) in [6.45, 7) is 12.2. The number of carbonyl (C=O) groups excluding carboxylic acids is 1. The summed E-state index contributed by atoms with van der Waals surface area (Å²) in [7, 11) is -0.580. The van der Waals surface area contributed by atoms with Crippen molar-refractivity contribution < 1.29 is 9.53 Å². The molecule has 0 aliphatic heterocycles. The zero-order valence-electron chi connectivity index (χ0n) is 16.2. The van der Waals surface area contributed by atoms with E-state index in [9.17, 15) is 4.79 Å². The van der Waals surface area contributed by atoms with Crippen LogP contribution < -0.4 is 10.6 Å². The highest BCUT2D eigenvalue weighted by atomic mass is 31.1. The molecule has 0 saturated heterocycles. The summed E-state index contributed by atoms with van der Waals surface area (Å²) in [5.74, 6) is -0.113. The van der Waals surface area contributed by atoms with Gasteiger partial charge in [0.2, 0.25) is 0 Å². The highest BCUT2D eigenvalue weighted by Crippen LogP contribution is 2.37. The molecular formula is C22H29O2P. The van der Waals surface area contributed by atoms with Crippen LogP contribution in [0.25, 0.3) is 0 Å². The Labute approximate surface area is 153 Å². The first kappa shape index (κ1) is 19.7. The summed E-state index contributed by atoms with van der Waals surface area (Å²) in [6, 6.07) is 15.1. The molecule has 2 aromatic carbocycles. The van der Waals surface area contributed by atoms with E-state index >= 15 is 0 Å². The second-order valence-corrected chi connectivity index (χ2v) is 9.84. The maximum atomic E-state index is 12.2. The Balaban J connectivity index is 2.31. The monoisotopic (exact) mass is 356 g/mol. The molecule has 1 atom stereocenters. The molecule has 0 saturated carbocycles. The zero-order valence-corrected chi connectivity index (χ0v) is 17.1. The van der Waals surface area contributed by atoms with Crippen LogP contribution in [0.15, 0.2) is 42.5 Å². The highest BCUT2D eigenvalue weighted by Gasteiger charge is 2.22. The second kappa shape index (κ2) is 8.15. The first-order valence-corrected chi connectivity index (χ1v) is 10.3. The van der Waals surface area contributed by atoms with Crippen molar-refractivity contribution in [2.45, 2.75) is 53.6 Å². The minimum atomic E-state index is -0.580. The van der Waals surface area contributed by atoms with Crippen molar-refractivity contribution in [3.63, 3.8) is 0 Å². The first-order chi connectivity index (χ1) is 11.7. The third-order valence-electron chi connectivity index (χ3n) is 3.93. The minimum absolute atomic E-state index is 0.113. The van der Waals surface area contributed by atoms with Crippen LogP contribution in [0.3, 0.4) is 0 Å². The molecule has 0 bridgehead atoms. The lowest BCUT2D eigenvalue weighted by Crippen LogP contribution is -2.26. The Hall–Kier alpha value is -1.66. The molecule has 0 aromatic heterocycles. The molecule has 2 nitrogen and oxygen atoms in total. The fourth-order valence-electron chi connectivity index (χ4n) is 3.17. The van der Waals surface area contributed by atoms with E-state index in [4.69, 9.17) is 4.74 Å². The van der Waals surface area contributed by atoms with Crippen molar-refractivity contribution >= 4 is 24.5 Å². The second-order valence-electron chi connectivity index (χ2n) is 7.57. The fourth-order valence-corrected chi connectivity index (χ4v) is 5.83. The van der Waals surface area contributed by atoms with E-state index in [1.165, 1.54) is 27.3 Å². The van der Waals surface area contributed by atoms with Gasteiger partial charge in [-0.3, -0.25) is 4.79 Å². The molecule has 25 heavy (non-hydrogen) atoms. The topological polar surface area (TPSA) is 26.3 Å². The molecule has 2 rings (SSSR count). The van der Waals surface area contributed by atoms with Crippen LogP contribution in [-0.4, -0.2) is 17.7 Å². The van der Waals surface area contributed by atoms with Gasteiger partial charge in [-0.15, -0.1) is 0 Å². The molecule has 2 aromatic rings. The summed E-state index contributed by atoms with van der Waals surface area (Å²) >= 11 is 0. The van der Waals surface area contributed by atoms with E-state index < -0.39 is 13.5 Å². The van der Waals surface area contributed by atoms with Crippen LogP contribution in [0.4, 0.5) is 0 Å². The number of carbonyl (C=O) groups is 1. The van der Waals surface area contributed by atoms with Gasteiger partial charge < -0.3 is 4.74 Å². The van der Waals surface area contributed by atoms with E-state index in [-0.39, 0.29) is 5.97 Å². The van der Waals surface area contributed by atoms with Gasteiger partial charge in [-0.25, -0.2) is 0 Å². The van der Waals surface area contributed by atoms with Crippen LogP contribution in [0.5, 0.6) is 0 Å². The lowest BCUT2D eigenvalue weighted by Gasteiger charge is -2.24. The number of rotatable bonds is 5. The number of ether oxygens (including phenoxy) is 1. The third-order valence-corrected chi connectivity index (χ3v) is 6.77. The fraction of sp³-hybridized carbons (Fsp3) is 0.409. The zero-order chi connectivity index (χ0) is 18.6. The number of hydrogen-bond donors (Lipinski definition) is 0. The number of esters is 1. The lowest BCUT2D eigenvalue weighted by atomic mass is 10.1. The Morgan fingerprint density at radius 2 is 1.56 bits per heavy atom. The van der Waals surface area contributed by atoms with E-state index in [1.54, 1.807) is 0 Å². The van der Waals surface area contributed by atoms with Crippen molar-refractivity contribution in [3.05, 3.63) is 59.2 Å². The van der Waals surface area contributed by atoms with Crippen LogP contribution in [-0.2, 0) is 9.53 Å². The molecular weight excluding hydrogens is 327 g/mol. The van der Waals surface area contributed by atoms with Crippen LogP contribution >= 0.6 is 7.92 Å². The molecule has 0 heterocycles. The largest absolute Gasteiger partial charge is 0.460 e. The molecule has 134 valence electrons. The molecule has 1 unspecified atom stereocenters. The molecule has 0 N–H and O–H groups in total. The summed E-state index contributed by atoms with van der Waals surface area (Å²) in [5, 5.41) is 2.71. The Kier molecular flexibility index (Phi) is 6.41. The Bertz CT molecular complexity index is 706. The molecule has 0 aliphatic carbocycles. The van der Waals surface area contributed by atoms with Crippen molar-refractivity contribution in [1.82, 2.24) is 0 Å². The molecule has 0 radical (unpaired) electrons. The Morgan fingerprint density at radius 1 is 1.00 bits per heavy atom. The molecule has 0 amide bonds. The maximum Gasteiger partial charge on any atom is 0.306 e. The van der Waals surface area contributed by atoms with E-state index in [0.29, 0.717) is 6.42 Å². The average Bonchev–Trinajstić information content (AvgIpc) is 2.48. The van der Waals surface area contributed by atoms with E-state index in [1.807, 2.05) is 26.8 Å². The van der Waals surface area contributed by atoms with Gasteiger partial charge in [0.15, 0.2) is 0 Å². The van der Waals surface area contributed by atoms with Gasteiger partial charge in [0.1, 0.15) is 5.60 Å². The molecule has 0 fully saturated rings. The number of aryl methyl sites for hydroxylation is 3. The van der Waals surface area contributed by atoms with Gasteiger partial charge in [0, 0.05) is 0 Å². The summed E-state index contributed by atoms with van der Waals surface area (Å²) in [4.78, 5) is 12.2. The van der Waals surface area contributed by atoms with Crippen molar-refractivity contribution in [2.75, 3.05) is 6.16 Å². The van der Waals surface area contributed by atoms with Crippen molar-refractivity contribution in [3.8, 4) is 0 Å². The van der Waals surface area contributed by atoms with Crippen molar-refractivity contribution in [2.24, 2.45) is 0 Å². The van der Waals surface area contributed by atoms with Crippen LogP contribution in [0.1, 0.15) is 43.9 Å². The summed E-state index contributed by atoms with van der Waals surface area (Å²) < 4.78 is 5.51. The van der Waals surface area contributed by atoms with Crippen LogP contribution in [0, 0.1) is 20.8 Å². The SMILES string of the molecule is Cc1cc(C)c(P(CCC(=O)OC(C)(C)C)c2ccccc2)c(C)c1. The third kappa shape index (κ3) is 5.68. The number of benzene rings is 2. The van der Waals surface area contributed by atoms with Gasteiger partial charge in [0.05, 0.1) is 6.42 Å². The van der Waals surface area contributed by atoms with Crippen molar-refractivity contribution in [1.29, 1.82) is 0 Å². The highest BCUT2D eigenvalue weighted by molar-refractivity contribution is 7.73.